The molecule has 6 nitrogen and oxygen atoms in total. The van der Waals surface area contributed by atoms with Crippen molar-refractivity contribution in [1.82, 2.24) is 14.5 Å². The van der Waals surface area contributed by atoms with E-state index in [0.717, 1.165) is 54.3 Å². The SMILES string of the molecule is COc1cc2nc(CCCN)n(CCN3CCCC3)c2cc1OC. The summed E-state index contributed by atoms with van der Waals surface area (Å²) in [5.74, 6) is 2.57. The number of methoxy groups -OCH3 is 2. The summed E-state index contributed by atoms with van der Waals surface area (Å²) in [5.41, 5.74) is 7.77. The van der Waals surface area contributed by atoms with Gasteiger partial charge in [-0.2, -0.15) is 0 Å². The van der Waals surface area contributed by atoms with Crippen molar-refractivity contribution in [3.63, 3.8) is 0 Å². The molecule has 0 atom stereocenters. The Hall–Kier alpha value is -1.79. The van der Waals surface area contributed by atoms with E-state index in [1.54, 1.807) is 14.2 Å². The van der Waals surface area contributed by atoms with Crippen LogP contribution in [0.25, 0.3) is 11.0 Å². The Kier molecular flexibility index (Phi) is 5.58. The van der Waals surface area contributed by atoms with Crippen LogP contribution in [0.3, 0.4) is 0 Å². The molecule has 132 valence electrons. The van der Waals surface area contributed by atoms with Gasteiger partial charge in [-0.1, -0.05) is 0 Å². The number of nitrogens with two attached hydrogens (primary N) is 1. The van der Waals surface area contributed by atoms with E-state index in [0.29, 0.717) is 6.54 Å². The van der Waals surface area contributed by atoms with Crippen LogP contribution >= 0.6 is 0 Å². The third-order valence-corrected chi connectivity index (χ3v) is 4.78. The highest BCUT2D eigenvalue weighted by molar-refractivity contribution is 5.80. The van der Waals surface area contributed by atoms with E-state index in [1.807, 2.05) is 12.1 Å². The van der Waals surface area contributed by atoms with Crippen LogP contribution in [0.5, 0.6) is 11.5 Å². The van der Waals surface area contributed by atoms with Crippen molar-refractivity contribution < 1.29 is 9.47 Å². The molecule has 24 heavy (non-hydrogen) atoms. The quantitative estimate of drug-likeness (QED) is 0.801. The molecular formula is C18H28N4O2. The number of aryl methyl sites for hydroxylation is 1. The Labute approximate surface area is 143 Å². The fourth-order valence-corrected chi connectivity index (χ4v) is 3.45. The molecule has 2 heterocycles. The molecule has 3 rings (SSSR count). The lowest BCUT2D eigenvalue weighted by Crippen LogP contribution is -2.24. The Balaban J connectivity index is 1.94. The summed E-state index contributed by atoms with van der Waals surface area (Å²) in [4.78, 5) is 7.36. The second-order valence-corrected chi connectivity index (χ2v) is 6.32. The fraction of sp³-hybridized carbons (Fsp3) is 0.611. The number of hydrogen-bond donors (Lipinski definition) is 1. The topological polar surface area (TPSA) is 65.5 Å². The number of fused-ring (bicyclic) bond motifs is 1. The summed E-state index contributed by atoms with van der Waals surface area (Å²) < 4.78 is 13.2. The van der Waals surface area contributed by atoms with E-state index in [4.69, 9.17) is 20.2 Å². The average molecular weight is 332 g/mol. The van der Waals surface area contributed by atoms with Crippen molar-refractivity contribution in [1.29, 1.82) is 0 Å². The molecule has 0 aliphatic carbocycles. The monoisotopic (exact) mass is 332 g/mol. The van der Waals surface area contributed by atoms with Crippen molar-refractivity contribution in [2.24, 2.45) is 5.73 Å². The zero-order valence-corrected chi connectivity index (χ0v) is 14.8. The number of ether oxygens (including phenoxy) is 2. The summed E-state index contributed by atoms with van der Waals surface area (Å²) in [6.07, 6.45) is 4.47. The summed E-state index contributed by atoms with van der Waals surface area (Å²) in [5, 5.41) is 0. The molecular weight excluding hydrogens is 304 g/mol. The predicted octanol–water partition coefficient (Wildman–Crippen LogP) is 2.04. The second-order valence-electron chi connectivity index (χ2n) is 6.32. The molecule has 1 aliphatic heterocycles. The number of benzene rings is 1. The standard InChI is InChI=1S/C18H28N4O2/c1-23-16-12-14-15(13-17(16)24-2)22(18(20-14)6-5-7-19)11-10-21-8-3-4-9-21/h12-13H,3-11,19H2,1-2H3. The molecule has 1 saturated heterocycles. The first-order chi connectivity index (χ1) is 11.8. The van der Waals surface area contributed by atoms with E-state index in [1.165, 1.54) is 25.9 Å². The summed E-state index contributed by atoms with van der Waals surface area (Å²) in [6.45, 7) is 5.12. The van der Waals surface area contributed by atoms with E-state index in [2.05, 4.69) is 9.47 Å². The molecule has 0 amide bonds. The molecule has 2 N–H and O–H groups in total. The fourth-order valence-electron chi connectivity index (χ4n) is 3.45. The zero-order valence-electron chi connectivity index (χ0n) is 14.8. The summed E-state index contributed by atoms with van der Waals surface area (Å²) in [7, 11) is 3.33. The number of imidazole rings is 1. The third kappa shape index (κ3) is 3.49. The van der Waals surface area contributed by atoms with Crippen LogP contribution in [0.15, 0.2) is 12.1 Å². The number of likely N-dealkylation sites (tertiary alicyclic amines) is 1. The maximum Gasteiger partial charge on any atom is 0.163 e. The maximum absolute atomic E-state index is 5.70. The first-order valence-corrected chi connectivity index (χ1v) is 8.80. The zero-order chi connectivity index (χ0) is 16.9. The summed E-state index contributed by atoms with van der Waals surface area (Å²) in [6, 6.07) is 4.00. The molecule has 6 heteroatoms. The number of nitrogens with zero attached hydrogens (tertiary/aromatic N) is 3. The molecule has 2 aromatic rings. The first-order valence-electron chi connectivity index (χ1n) is 8.80. The van der Waals surface area contributed by atoms with Gasteiger partial charge in [-0.15, -0.1) is 0 Å². The first kappa shape index (κ1) is 17.0. The summed E-state index contributed by atoms with van der Waals surface area (Å²) >= 11 is 0. The van der Waals surface area contributed by atoms with Gasteiger partial charge in [0.25, 0.3) is 0 Å². The van der Waals surface area contributed by atoms with Gasteiger partial charge in [-0.05, 0) is 38.9 Å². The molecule has 1 aromatic heterocycles. The van der Waals surface area contributed by atoms with E-state index in [-0.39, 0.29) is 0 Å². The van der Waals surface area contributed by atoms with Crippen LogP contribution < -0.4 is 15.2 Å². The molecule has 0 radical (unpaired) electrons. The maximum atomic E-state index is 5.70. The van der Waals surface area contributed by atoms with Crippen molar-refractivity contribution in [2.75, 3.05) is 40.4 Å². The molecule has 1 fully saturated rings. The van der Waals surface area contributed by atoms with Gasteiger partial charge in [0, 0.05) is 31.6 Å². The van der Waals surface area contributed by atoms with Crippen molar-refractivity contribution in [3.8, 4) is 11.5 Å². The van der Waals surface area contributed by atoms with Gasteiger partial charge in [-0.3, -0.25) is 0 Å². The Morgan fingerprint density at radius 1 is 1.08 bits per heavy atom. The van der Waals surface area contributed by atoms with Crippen molar-refractivity contribution in [2.45, 2.75) is 32.2 Å². The van der Waals surface area contributed by atoms with Crippen molar-refractivity contribution >= 4 is 11.0 Å². The molecule has 0 saturated carbocycles. The highest BCUT2D eigenvalue weighted by Gasteiger charge is 2.17. The minimum absolute atomic E-state index is 0.683. The van der Waals surface area contributed by atoms with E-state index >= 15 is 0 Å². The lowest BCUT2D eigenvalue weighted by molar-refractivity contribution is 0.322. The number of hydrogen-bond acceptors (Lipinski definition) is 5. The van der Waals surface area contributed by atoms with Gasteiger partial charge in [0.15, 0.2) is 11.5 Å². The van der Waals surface area contributed by atoms with Gasteiger partial charge in [-0.25, -0.2) is 4.98 Å². The molecule has 1 aromatic carbocycles. The molecule has 0 unspecified atom stereocenters. The van der Waals surface area contributed by atoms with E-state index < -0.39 is 0 Å². The van der Waals surface area contributed by atoms with Crippen LogP contribution in [0.4, 0.5) is 0 Å². The van der Waals surface area contributed by atoms with Crippen LogP contribution in [-0.4, -0.2) is 54.8 Å². The molecule has 0 spiro atoms. The Morgan fingerprint density at radius 2 is 1.79 bits per heavy atom. The molecule has 0 bridgehead atoms. The Bertz CT molecular complexity index is 677. The van der Waals surface area contributed by atoms with Gasteiger partial charge in [0.2, 0.25) is 0 Å². The lowest BCUT2D eigenvalue weighted by atomic mass is 10.2. The van der Waals surface area contributed by atoms with Gasteiger partial charge >= 0.3 is 0 Å². The van der Waals surface area contributed by atoms with Crippen LogP contribution in [0.2, 0.25) is 0 Å². The van der Waals surface area contributed by atoms with Crippen molar-refractivity contribution in [3.05, 3.63) is 18.0 Å². The third-order valence-electron chi connectivity index (χ3n) is 4.78. The minimum Gasteiger partial charge on any atom is -0.493 e. The minimum atomic E-state index is 0.683. The van der Waals surface area contributed by atoms with Crippen LogP contribution in [0, 0.1) is 0 Å². The van der Waals surface area contributed by atoms with Gasteiger partial charge in [0.05, 0.1) is 25.3 Å². The van der Waals surface area contributed by atoms with Gasteiger partial charge < -0.3 is 24.7 Å². The average Bonchev–Trinajstić information content (AvgIpc) is 3.23. The number of rotatable bonds is 8. The molecule has 1 aliphatic rings. The lowest BCUT2D eigenvalue weighted by Gasteiger charge is -2.17. The Morgan fingerprint density at radius 3 is 2.46 bits per heavy atom. The second kappa shape index (κ2) is 7.85. The largest absolute Gasteiger partial charge is 0.493 e. The highest BCUT2D eigenvalue weighted by atomic mass is 16.5. The van der Waals surface area contributed by atoms with Crippen LogP contribution in [-0.2, 0) is 13.0 Å². The normalized spacial score (nSPS) is 15.3. The predicted molar refractivity (Wildman–Crippen MR) is 95.9 cm³/mol. The van der Waals surface area contributed by atoms with Crippen LogP contribution in [0.1, 0.15) is 25.1 Å². The smallest absolute Gasteiger partial charge is 0.163 e. The van der Waals surface area contributed by atoms with E-state index in [9.17, 15) is 0 Å². The number of aromatic nitrogens is 2. The highest BCUT2D eigenvalue weighted by Crippen LogP contribution is 2.32. The van der Waals surface area contributed by atoms with Gasteiger partial charge in [0.1, 0.15) is 5.82 Å².